The highest BCUT2D eigenvalue weighted by Crippen LogP contribution is 2.31. The molecule has 0 amide bonds. The Labute approximate surface area is 141 Å². The molecule has 3 N–H and O–H groups in total. The van der Waals surface area contributed by atoms with Gasteiger partial charge in [-0.1, -0.05) is 12.1 Å². The summed E-state index contributed by atoms with van der Waals surface area (Å²) >= 11 is 10.0. The van der Waals surface area contributed by atoms with Gasteiger partial charge in [0.1, 0.15) is 11.6 Å². The highest BCUT2D eigenvalue weighted by molar-refractivity contribution is 9.10. The number of rotatable bonds is 5. The molecule has 0 saturated carbocycles. The van der Waals surface area contributed by atoms with Gasteiger partial charge in [0.05, 0.1) is 7.11 Å². The number of thiocarbonyl (C=S) groups is 1. The predicted octanol–water partition coefficient (Wildman–Crippen LogP) is 3.80. The summed E-state index contributed by atoms with van der Waals surface area (Å²) in [6.07, 6.45) is 1.73. The molecular weight excluding hydrogens is 370 g/mol. The van der Waals surface area contributed by atoms with E-state index >= 15 is 0 Å². The Bertz CT molecular complexity index is 635. The summed E-state index contributed by atoms with van der Waals surface area (Å²) in [5, 5.41) is 3.04. The van der Waals surface area contributed by atoms with Crippen molar-refractivity contribution in [1.29, 1.82) is 0 Å². The maximum Gasteiger partial charge on any atom is 0.169 e. The predicted molar refractivity (Wildman–Crippen MR) is 94.9 cm³/mol. The van der Waals surface area contributed by atoms with Gasteiger partial charge in [-0.05, 0) is 51.9 Å². The molecule has 110 valence electrons. The van der Waals surface area contributed by atoms with Crippen LogP contribution in [0.4, 0.5) is 5.82 Å². The molecule has 1 aromatic heterocycles. The summed E-state index contributed by atoms with van der Waals surface area (Å²) in [7, 11) is 1.66. The van der Waals surface area contributed by atoms with Gasteiger partial charge in [-0.2, -0.15) is 0 Å². The van der Waals surface area contributed by atoms with Crippen LogP contribution in [0.2, 0.25) is 0 Å². The Morgan fingerprint density at radius 3 is 2.76 bits per heavy atom. The summed E-state index contributed by atoms with van der Waals surface area (Å²) in [4.78, 5) is 5.27. The number of anilines is 1. The molecule has 0 aliphatic rings. The third-order valence-electron chi connectivity index (χ3n) is 2.62. The number of halogens is 1. The zero-order valence-corrected chi connectivity index (χ0v) is 14.5. The van der Waals surface area contributed by atoms with Crippen molar-refractivity contribution in [2.24, 2.45) is 5.73 Å². The summed E-state index contributed by atoms with van der Waals surface area (Å²) < 4.78 is 6.09. The van der Waals surface area contributed by atoms with Gasteiger partial charge in [0.25, 0.3) is 0 Å². The minimum atomic E-state index is 0.205. The smallest absolute Gasteiger partial charge is 0.169 e. The zero-order chi connectivity index (χ0) is 15.2. The molecule has 0 aliphatic carbocycles. The third-order valence-corrected chi connectivity index (χ3v) is 4.75. The van der Waals surface area contributed by atoms with Crippen LogP contribution in [0.25, 0.3) is 0 Å². The molecule has 2 aromatic rings. The number of thioether (sulfide) groups is 1. The lowest BCUT2D eigenvalue weighted by Gasteiger charge is -2.08. The number of methoxy groups -OCH3 is 1. The lowest BCUT2D eigenvalue weighted by molar-refractivity contribution is 0.414. The second kappa shape index (κ2) is 7.63. The van der Waals surface area contributed by atoms with E-state index in [1.54, 1.807) is 25.1 Å². The third kappa shape index (κ3) is 4.87. The maximum absolute atomic E-state index is 5.45. The first kappa shape index (κ1) is 16.1. The van der Waals surface area contributed by atoms with Crippen molar-refractivity contribution in [2.75, 3.05) is 12.4 Å². The normalized spacial score (nSPS) is 10.2. The standard InChI is InChI=1S/C14H14BrN3OS2/c1-19-10-4-2-9(3-5-10)8-21-12-6-13(18-14(16)20)17-7-11(12)15/h2-7H,8H2,1H3,(H3,16,17,18,20). The van der Waals surface area contributed by atoms with Gasteiger partial charge in [-0.25, -0.2) is 4.98 Å². The average molecular weight is 384 g/mol. The van der Waals surface area contributed by atoms with Gasteiger partial charge >= 0.3 is 0 Å². The summed E-state index contributed by atoms with van der Waals surface area (Å²) in [6, 6.07) is 9.93. The Hall–Kier alpha value is -1.31. The Balaban J connectivity index is 2.05. The van der Waals surface area contributed by atoms with Crippen LogP contribution in [0.1, 0.15) is 5.56 Å². The van der Waals surface area contributed by atoms with Crippen LogP contribution in [-0.4, -0.2) is 17.2 Å². The molecule has 0 unspecified atom stereocenters. The summed E-state index contributed by atoms with van der Waals surface area (Å²) in [5.41, 5.74) is 6.67. The Morgan fingerprint density at radius 1 is 1.43 bits per heavy atom. The van der Waals surface area contributed by atoms with Crippen LogP contribution >= 0.6 is 39.9 Å². The van der Waals surface area contributed by atoms with Crippen molar-refractivity contribution in [2.45, 2.75) is 10.6 Å². The van der Waals surface area contributed by atoms with Crippen molar-refractivity contribution in [3.8, 4) is 5.75 Å². The Morgan fingerprint density at radius 2 is 2.14 bits per heavy atom. The first-order valence-electron chi connectivity index (χ1n) is 6.06. The van der Waals surface area contributed by atoms with E-state index in [2.05, 4.69) is 38.4 Å². The quantitative estimate of drug-likeness (QED) is 0.604. The van der Waals surface area contributed by atoms with Crippen molar-refractivity contribution >= 4 is 50.8 Å². The fraction of sp³-hybridized carbons (Fsp3) is 0.143. The van der Waals surface area contributed by atoms with E-state index in [4.69, 9.17) is 22.7 Å². The number of hydrogen-bond donors (Lipinski definition) is 2. The first-order chi connectivity index (χ1) is 10.1. The monoisotopic (exact) mass is 383 g/mol. The minimum absolute atomic E-state index is 0.205. The molecule has 21 heavy (non-hydrogen) atoms. The van der Waals surface area contributed by atoms with Crippen molar-refractivity contribution in [3.05, 3.63) is 46.6 Å². The molecule has 0 fully saturated rings. The van der Waals surface area contributed by atoms with Crippen LogP contribution in [-0.2, 0) is 5.75 Å². The lowest BCUT2D eigenvalue weighted by Crippen LogP contribution is -2.19. The van der Waals surface area contributed by atoms with Gasteiger partial charge in [0.2, 0.25) is 0 Å². The molecule has 1 heterocycles. The van der Waals surface area contributed by atoms with E-state index in [0.29, 0.717) is 5.82 Å². The largest absolute Gasteiger partial charge is 0.497 e. The van der Waals surface area contributed by atoms with E-state index in [0.717, 1.165) is 20.9 Å². The molecule has 7 heteroatoms. The number of nitrogens with zero attached hydrogens (tertiary/aromatic N) is 1. The molecule has 0 radical (unpaired) electrons. The molecule has 0 aliphatic heterocycles. The second-order valence-corrected chi connectivity index (χ2v) is 6.44. The SMILES string of the molecule is COc1ccc(CSc2cc(NC(N)=S)ncc2Br)cc1. The molecule has 2 rings (SSSR count). The van der Waals surface area contributed by atoms with E-state index in [9.17, 15) is 0 Å². The molecule has 4 nitrogen and oxygen atoms in total. The van der Waals surface area contributed by atoms with Crippen molar-refractivity contribution < 1.29 is 4.74 Å². The fourth-order valence-electron chi connectivity index (χ4n) is 1.61. The van der Waals surface area contributed by atoms with Crippen LogP contribution in [0.15, 0.2) is 45.9 Å². The molecule has 0 atom stereocenters. The lowest BCUT2D eigenvalue weighted by atomic mass is 10.2. The second-order valence-electron chi connectivity index (χ2n) is 4.13. The minimum Gasteiger partial charge on any atom is -0.497 e. The number of hydrogen-bond acceptors (Lipinski definition) is 4. The van der Waals surface area contributed by atoms with Gasteiger partial charge < -0.3 is 15.8 Å². The van der Waals surface area contributed by atoms with Crippen LogP contribution in [0, 0.1) is 0 Å². The molecule has 1 aromatic carbocycles. The van der Waals surface area contributed by atoms with Crippen LogP contribution < -0.4 is 15.8 Å². The molecule has 0 saturated heterocycles. The highest BCUT2D eigenvalue weighted by Gasteiger charge is 2.05. The maximum atomic E-state index is 5.45. The number of aromatic nitrogens is 1. The molecule has 0 spiro atoms. The number of ether oxygens (including phenoxy) is 1. The van der Waals surface area contributed by atoms with E-state index in [1.165, 1.54) is 5.56 Å². The van der Waals surface area contributed by atoms with E-state index in [1.807, 2.05) is 18.2 Å². The van der Waals surface area contributed by atoms with Gasteiger partial charge in [0, 0.05) is 21.3 Å². The highest BCUT2D eigenvalue weighted by atomic mass is 79.9. The number of pyridine rings is 1. The zero-order valence-electron chi connectivity index (χ0n) is 11.3. The summed E-state index contributed by atoms with van der Waals surface area (Å²) in [6.45, 7) is 0. The number of nitrogens with one attached hydrogen (secondary N) is 1. The molecule has 0 bridgehead atoms. The van der Waals surface area contributed by atoms with E-state index < -0.39 is 0 Å². The summed E-state index contributed by atoms with van der Waals surface area (Å²) in [5.74, 6) is 2.35. The number of nitrogens with two attached hydrogens (primary N) is 1. The van der Waals surface area contributed by atoms with Crippen molar-refractivity contribution in [3.63, 3.8) is 0 Å². The van der Waals surface area contributed by atoms with Crippen LogP contribution in [0.3, 0.4) is 0 Å². The topological polar surface area (TPSA) is 60.2 Å². The van der Waals surface area contributed by atoms with Gasteiger partial charge in [-0.3, -0.25) is 0 Å². The number of benzene rings is 1. The fourth-order valence-corrected chi connectivity index (χ4v) is 3.17. The van der Waals surface area contributed by atoms with Crippen molar-refractivity contribution in [1.82, 2.24) is 4.98 Å². The van der Waals surface area contributed by atoms with Gasteiger partial charge in [0.15, 0.2) is 5.11 Å². The molecular formula is C14H14BrN3OS2. The first-order valence-corrected chi connectivity index (χ1v) is 8.25. The van der Waals surface area contributed by atoms with Crippen LogP contribution in [0.5, 0.6) is 5.75 Å². The Kier molecular flexibility index (Phi) is 5.84. The van der Waals surface area contributed by atoms with E-state index in [-0.39, 0.29) is 5.11 Å². The van der Waals surface area contributed by atoms with Gasteiger partial charge in [-0.15, -0.1) is 11.8 Å². The average Bonchev–Trinajstić information content (AvgIpc) is 2.48.